The molecule has 0 aliphatic carbocycles. The van der Waals surface area contributed by atoms with Gasteiger partial charge in [0.1, 0.15) is 5.69 Å². The van der Waals surface area contributed by atoms with Crippen LogP contribution < -0.4 is 11.1 Å². The second-order valence-corrected chi connectivity index (χ2v) is 3.87. The third-order valence-electron chi connectivity index (χ3n) is 2.50. The first-order chi connectivity index (χ1) is 8.47. The van der Waals surface area contributed by atoms with E-state index in [4.69, 9.17) is 5.73 Å². The largest absolute Gasteiger partial charge is 0.370 e. The number of hydrogen-bond donors (Lipinski definition) is 2. The molecule has 0 radical (unpaired) electrons. The number of primary amides is 1. The summed E-state index contributed by atoms with van der Waals surface area (Å²) in [7, 11) is 1.64. The Labute approximate surface area is 104 Å². The van der Waals surface area contributed by atoms with Gasteiger partial charge >= 0.3 is 5.69 Å². The predicted octanol–water partition coefficient (Wildman–Crippen LogP) is 0.568. The second kappa shape index (κ2) is 5.99. The number of carbonyl (C=O) groups is 1. The van der Waals surface area contributed by atoms with E-state index in [9.17, 15) is 14.9 Å². The van der Waals surface area contributed by atoms with Crippen molar-refractivity contribution in [2.24, 2.45) is 12.8 Å². The van der Waals surface area contributed by atoms with Gasteiger partial charge in [0.2, 0.25) is 11.7 Å². The first-order valence-corrected chi connectivity index (χ1v) is 5.69. The summed E-state index contributed by atoms with van der Waals surface area (Å²) < 4.78 is 1.45. The van der Waals surface area contributed by atoms with E-state index >= 15 is 0 Å². The van der Waals surface area contributed by atoms with E-state index in [2.05, 4.69) is 10.4 Å². The Kier molecular flexibility index (Phi) is 4.64. The van der Waals surface area contributed by atoms with E-state index in [-0.39, 0.29) is 18.0 Å². The first-order valence-electron chi connectivity index (χ1n) is 5.69. The molecule has 8 nitrogen and oxygen atoms in total. The molecular formula is C10H17N5O3. The Morgan fingerprint density at radius 1 is 1.61 bits per heavy atom. The Bertz CT molecular complexity index is 455. The fourth-order valence-electron chi connectivity index (χ4n) is 1.67. The van der Waals surface area contributed by atoms with Crippen molar-refractivity contribution >= 4 is 17.4 Å². The van der Waals surface area contributed by atoms with Crippen LogP contribution in [0.15, 0.2) is 0 Å². The van der Waals surface area contributed by atoms with Crippen molar-refractivity contribution in [1.29, 1.82) is 0 Å². The standard InChI is InChI=1S/C10H17N5O3/c1-3-7-9(15(17)18)10(14(2)13-7)12-6-4-5-8(11)16/h12H,3-6H2,1-2H3,(H2,11,16). The highest BCUT2D eigenvalue weighted by molar-refractivity contribution is 5.73. The maximum absolute atomic E-state index is 11.0. The van der Waals surface area contributed by atoms with Gasteiger partial charge in [-0.1, -0.05) is 6.92 Å². The molecule has 8 heteroatoms. The normalized spacial score (nSPS) is 10.3. The lowest BCUT2D eigenvalue weighted by Crippen LogP contribution is -2.14. The summed E-state index contributed by atoms with van der Waals surface area (Å²) in [6, 6.07) is 0. The number of amides is 1. The predicted molar refractivity (Wildman–Crippen MR) is 66.2 cm³/mol. The van der Waals surface area contributed by atoms with E-state index < -0.39 is 4.92 Å². The number of anilines is 1. The SMILES string of the molecule is CCc1nn(C)c(NCCCC(N)=O)c1[N+](=O)[O-]. The minimum atomic E-state index is -0.442. The van der Waals surface area contributed by atoms with Crippen molar-refractivity contribution in [3.05, 3.63) is 15.8 Å². The molecule has 0 saturated carbocycles. The molecule has 1 heterocycles. The third kappa shape index (κ3) is 3.19. The zero-order valence-electron chi connectivity index (χ0n) is 10.5. The van der Waals surface area contributed by atoms with Crippen LogP contribution in [0.25, 0.3) is 0 Å². The fraction of sp³-hybridized carbons (Fsp3) is 0.600. The molecule has 1 rings (SSSR count). The smallest absolute Gasteiger partial charge is 0.333 e. The average molecular weight is 255 g/mol. The maximum atomic E-state index is 11.0. The lowest BCUT2D eigenvalue weighted by atomic mass is 10.2. The summed E-state index contributed by atoms with van der Waals surface area (Å²) in [5.41, 5.74) is 5.46. The molecule has 0 bridgehead atoms. The van der Waals surface area contributed by atoms with E-state index in [1.165, 1.54) is 4.68 Å². The van der Waals surface area contributed by atoms with E-state index in [0.717, 1.165) is 0 Å². The van der Waals surface area contributed by atoms with Gasteiger partial charge in [0.05, 0.1) is 4.92 Å². The van der Waals surface area contributed by atoms with Gasteiger partial charge in [0.15, 0.2) is 0 Å². The van der Waals surface area contributed by atoms with Crippen molar-refractivity contribution in [2.75, 3.05) is 11.9 Å². The van der Waals surface area contributed by atoms with Crippen LogP contribution in [0.5, 0.6) is 0 Å². The van der Waals surface area contributed by atoms with Gasteiger partial charge in [-0.15, -0.1) is 0 Å². The van der Waals surface area contributed by atoms with Gasteiger partial charge in [0, 0.05) is 20.0 Å². The van der Waals surface area contributed by atoms with E-state index in [0.29, 0.717) is 30.9 Å². The molecule has 1 aromatic rings. The number of aromatic nitrogens is 2. The maximum Gasteiger partial charge on any atom is 0.333 e. The van der Waals surface area contributed by atoms with Crippen LogP contribution in [0.4, 0.5) is 11.5 Å². The summed E-state index contributed by atoms with van der Waals surface area (Å²) in [5.74, 6) is -0.0214. The fourth-order valence-corrected chi connectivity index (χ4v) is 1.67. The van der Waals surface area contributed by atoms with Crippen molar-refractivity contribution in [2.45, 2.75) is 26.2 Å². The molecule has 0 aromatic carbocycles. The van der Waals surface area contributed by atoms with Crippen molar-refractivity contribution < 1.29 is 9.72 Å². The highest BCUT2D eigenvalue weighted by atomic mass is 16.6. The summed E-state index contributed by atoms with van der Waals surface area (Å²) in [6.45, 7) is 2.25. The number of carbonyl (C=O) groups excluding carboxylic acids is 1. The number of nitrogens with two attached hydrogens (primary N) is 1. The van der Waals surface area contributed by atoms with Gasteiger partial charge in [-0.05, 0) is 12.8 Å². The molecule has 0 spiro atoms. The van der Waals surface area contributed by atoms with Gasteiger partial charge < -0.3 is 11.1 Å². The van der Waals surface area contributed by atoms with Crippen LogP contribution in [0, 0.1) is 10.1 Å². The molecule has 1 amide bonds. The molecule has 100 valence electrons. The second-order valence-electron chi connectivity index (χ2n) is 3.87. The minimum Gasteiger partial charge on any atom is -0.370 e. The van der Waals surface area contributed by atoms with Crippen LogP contribution in [-0.4, -0.2) is 27.2 Å². The van der Waals surface area contributed by atoms with Gasteiger partial charge in [0.25, 0.3) is 0 Å². The summed E-state index contributed by atoms with van der Waals surface area (Å²) in [5, 5.41) is 18.0. The Morgan fingerprint density at radius 2 is 2.28 bits per heavy atom. The van der Waals surface area contributed by atoms with Crippen LogP contribution in [0.2, 0.25) is 0 Å². The third-order valence-corrected chi connectivity index (χ3v) is 2.50. The first kappa shape index (κ1) is 13.9. The topological polar surface area (TPSA) is 116 Å². The Hall–Kier alpha value is -2.12. The van der Waals surface area contributed by atoms with E-state index in [1.807, 2.05) is 6.92 Å². The lowest BCUT2D eigenvalue weighted by molar-refractivity contribution is -0.384. The number of aryl methyl sites for hydroxylation is 2. The van der Waals surface area contributed by atoms with Crippen molar-refractivity contribution in [3.63, 3.8) is 0 Å². The van der Waals surface area contributed by atoms with Crippen LogP contribution >= 0.6 is 0 Å². The Morgan fingerprint density at radius 3 is 2.78 bits per heavy atom. The zero-order chi connectivity index (χ0) is 13.7. The molecule has 3 N–H and O–H groups in total. The molecule has 0 saturated heterocycles. The molecule has 0 unspecified atom stereocenters. The molecule has 0 aliphatic rings. The molecule has 18 heavy (non-hydrogen) atoms. The highest BCUT2D eigenvalue weighted by Crippen LogP contribution is 2.28. The van der Waals surface area contributed by atoms with E-state index in [1.54, 1.807) is 7.05 Å². The molecule has 0 aliphatic heterocycles. The number of nitrogens with zero attached hydrogens (tertiary/aromatic N) is 3. The summed E-state index contributed by atoms with van der Waals surface area (Å²) in [6.07, 6.45) is 1.27. The number of rotatable bonds is 7. The molecule has 0 fully saturated rings. The number of nitrogens with one attached hydrogen (secondary N) is 1. The quantitative estimate of drug-likeness (QED) is 0.419. The molecule has 1 aromatic heterocycles. The monoisotopic (exact) mass is 255 g/mol. The zero-order valence-corrected chi connectivity index (χ0v) is 10.5. The van der Waals surface area contributed by atoms with Gasteiger partial charge in [-0.25, -0.2) is 4.68 Å². The lowest BCUT2D eigenvalue weighted by Gasteiger charge is -2.04. The highest BCUT2D eigenvalue weighted by Gasteiger charge is 2.25. The van der Waals surface area contributed by atoms with Crippen LogP contribution in [0.3, 0.4) is 0 Å². The summed E-state index contributed by atoms with van der Waals surface area (Å²) in [4.78, 5) is 21.1. The molecular weight excluding hydrogens is 238 g/mol. The van der Waals surface area contributed by atoms with Crippen LogP contribution in [0.1, 0.15) is 25.5 Å². The van der Waals surface area contributed by atoms with Gasteiger partial charge in [-0.3, -0.25) is 14.9 Å². The minimum absolute atomic E-state index is 0.000856. The average Bonchev–Trinajstić information content (AvgIpc) is 2.61. The Balaban J connectivity index is 2.78. The van der Waals surface area contributed by atoms with Crippen molar-refractivity contribution in [1.82, 2.24) is 9.78 Å². The van der Waals surface area contributed by atoms with Crippen LogP contribution in [-0.2, 0) is 18.3 Å². The molecule has 0 atom stereocenters. The van der Waals surface area contributed by atoms with Crippen molar-refractivity contribution in [3.8, 4) is 0 Å². The number of hydrogen-bond acceptors (Lipinski definition) is 5. The number of nitro groups is 1. The summed E-state index contributed by atoms with van der Waals surface area (Å²) >= 11 is 0. The van der Waals surface area contributed by atoms with Gasteiger partial charge in [-0.2, -0.15) is 5.10 Å².